The van der Waals surface area contributed by atoms with Gasteiger partial charge in [-0.05, 0) is 25.3 Å². The molecule has 0 N–H and O–H groups in total. The highest BCUT2D eigenvalue weighted by atomic mass is 19.1. The van der Waals surface area contributed by atoms with Crippen molar-refractivity contribution in [2.75, 3.05) is 20.4 Å². The lowest BCUT2D eigenvalue weighted by Crippen LogP contribution is -1.90. The molecule has 0 aliphatic rings. The van der Waals surface area contributed by atoms with Gasteiger partial charge in [0.2, 0.25) is 0 Å². The second-order valence-electron chi connectivity index (χ2n) is 3.21. The number of allylic oxidation sites excluding steroid dienone is 5. The Balaban J connectivity index is 4.03. The molecule has 80 valence electrons. The Hall–Kier alpha value is -0.890. The largest absolute Gasteiger partial charge is 0.385 e. The van der Waals surface area contributed by atoms with Crippen molar-refractivity contribution in [3.8, 4) is 0 Å². The molecule has 1 nitrogen and oxygen atoms in total. The number of hydrogen-bond acceptors (Lipinski definition) is 1. The van der Waals surface area contributed by atoms with Gasteiger partial charge in [0.05, 0.1) is 0 Å². The van der Waals surface area contributed by atoms with Gasteiger partial charge in [-0.2, -0.15) is 0 Å². The van der Waals surface area contributed by atoms with E-state index in [1.807, 2.05) is 19.1 Å². The molecule has 0 heterocycles. The van der Waals surface area contributed by atoms with Gasteiger partial charge < -0.3 is 4.74 Å². The Bertz CT molecular complexity index is 216. The number of methoxy groups -OCH3 is 1. The first-order valence-corrected chi connectivity index (χ1v) is 4.78. The van der Waals surface area contributed by atoms with Crippen LogP contribution in [-0.4, -0.2) is 20.4 Å². The van der Waals surface area contributed by atoms with Crippen molar-refractivity contribution in [1.82, 2.24) is 0 Å². The van der Waals surface area contributed by atoms with Gasteiger partial charge in [0.15, 0.2) is 0 Å². The normalized spacial score (nSPS) is 12.4. The van der Waals surface area contributed by atoms with Crippen molar-refractivity contribution < 1.29 is 9.13 Å². The monoisotopic (exact) mass is 198 g/mol. The van der Waals surface area contributed by atoms with E-state index in [4.69, 9.17) is 4.74 Å². The highest BCUT2D eigenvalue weighted by Gasteiger charge is 1.93. The number of halogens is 1. The van der Waals surface area contributed by atoms with E-state index in [1.54, 1.807) is 13.2 Å². The minimum absolute atomic E-state index is 0.414. The fraction of sp³-hybridized carbons (Fsp3) is 0.500. The molecule has 0 aliphatic carbocycles. The summed E-state index contributed by atoms with van der Waals surface area (Å²) in [5.74, 6) is 0. The van der Waals surface area contributed by atoms with Crippen LogP contribution in [-0.2, 0) is 4.74 Å². The van der Waals surface area contributed by atoms with Crippen LogP contribution in [0.4, 0.5) is 4.39 Å². The van der Waals surface area contributed by atoms with Crippen molar-refractivity contribution in [3.05, 3.63) is 36.0 Å². The van der Waals surface area contributed by atoms with Crippen molar-refractivity contribution in [1.29, 1.82) is 0 Å². The minimum atomic E-state index is -0.414. The predicted molar refractivity (Wildman–Crippen MR) is 59.1 cm³/mol. The zero-order valence-electron chi connectivity index (χ0n) is 9.05. The van der Waals surface area contributed by atoms with Crippen LogP contribution in [0, 0.1) is 0 Å². The van der Waals surface area contributed by atoms with Crippen LogP contribution in [0.2, 0.25) is 0 Å². The van der Waals surface area contributed by atoms with Crippen LogP contribution in [0.3, 0.4) is 0 Å². The summed E-state index contributed by atoms with van der Waals surface area (Å²) in [5, 5.41) is 0. The summed E-state index contributed by atoms with van der Waals surface area (Å²) in [6, 6.07) is 0. The maximum atomic E-state index is 12.1. The molecule has 0 atom stereocenters. The fourth-order valence-corrected chi connectivity index (χ4v) is 1.02. The lowest BCUT2D eigenvalue weighted by molar-refractivity contribution is 0.195. The molecule has 0 aromatic carbocycles. The third-order valence-electron chi connectivity index (χ3n) is 1.74. The van der Waals surface area contributed by atoms with E-state index in [0.717, 1.165) is 24.0 Å². The molecule has 0 saturated carbocycles. The summed E-state index contributed by atoms with van der Waals surface area (Å²) < 4.78 is 17.0. The van der Waals surface area contributed by atoms with Crippen LogP contribution in [0.5, 0.6) is 0 Å². The van der Waals surface area contributed by atoms with Gasteiger partial charge >= 0.3 is 0 Å². The molecule has 0 spiro atoms. The summed E-state index contributed by atoms with van der Waals surface area (Å²) in [5.41, 5.74) is 1.98. The molecule has 0 aromatic heterocycles. The van der Waals surface area contributed by atoms with E-state index in [-0.39, 0.29) is 0 Å². The number of rotatable bonds is 7. The first-order valence-electron chi connectivity index (χ1n) is 4.78. The molecular formula is C12H19FO. The van der Waals surface area contributed by atoms with E-state index >= 15 is 0 Å². The Morgan fingerprint density at radius 2 is 2.14 bits per heavy atom. The molecule has 2 heteroatoms. The van der Waals surface area contributed by atoms with E-state index in [9.17, 15) is 4.39 Å². The SMILES string of the molecule is C=C(C)/C=C\C(=C/CF)CCCOC. The first kappa shape index (κ1) is 13.1. The molecule has 0 unspecified atom stereocenters. The van der Waals surface area contributed by atoms with Crippen molar-refractivity contribution in [2.24, 2.45) is 0 Å². The van der Waals surface area contributed by atoms with E-state index in [0.29, 0.717) is 6.61 Å². The molecule has 0 saturated heterocycles. The van der Waals surface area contributed by atoms with Gasteiger partial charge in [-0.15, -0.1) is 0 Å². The molecule has 0 radical (unpaired) electrons. The van der Waals surface area contributed by atoms with Crippen molar-refractivity contribution >= 4 is 0 Å². The van der Waals surface area contributed by atoms with Crippen molar-refractivity contribution in [3.63, 3.8) is 0 Å². The van der Waals surface area contributed by atoms with Gasteiger partial charge in [0.25, 0.3) is 0 Å². The first-order chi connectivity index (χ1) is 6.70. The van der Waals surface area contributed by atoms with Gasteiger partial charge in [0, 0.05) is 13.7 Å². The average molecular weight is 198 g/mol. The smallest absolute Gasteiger partial charge is 0.108 e. The molecule has 0 aromatic rings. The summed E-state index contributed by atoms with van der Waals surface area (Å²) in [4.78, 5) is 0. The van der Waals surface area contributed by atoms with E-state index in [2.05, 4.69) is 6.58 Å². The van der Waals surface area contributed by atoms with E-state index < -0.39 is 6.67 Å². The third kappa shape index (κ3) is 7.74. The summed E-state index contributed by atoms with van der Waals surface area (Å²) in [6.07, 6.45) is 7.17. The van der Waals surface area contributed by atoms with Crippen LogP contribution >= 0.6 is 0 Å². The summed E-state index contributed by atoms with van der Waals surface area (Å²) in [7, 11) is 1.67. The standard InChI is InChI=1S/C12H19FO/c1-11(2)6-7-12(8-9-13)5-4-10-14-3/h6-8H,1,4-5,9-10H2,2-3H3/b7-6-,12-8-. The van der Waals surface area contributed by atoms with Crippen LogP contribution in [0.25, 0.3) is 0 Å². The molecule has 0 bridgehead atoms. The summed E-state index contributed by atoms with van der Waals surface area (Å²) >= 11 is 0. The number of ether oxygens (including phenoxy) is 1. The van der Waals surface area contributed by atoms with Gasteiger partial charge in [0.1, 0.15) is 6.67 Å². The van der Waals surface area contributed by atoms with Crippen LogP contribution < -0.4 is 0 Å². The molecular weight excluding hydrogens is 179 g/mol. The Kier molecular flexibility index (Phi) is 8.14. The van der Waals surface area contributed by atoms with Crippen molar-refractivity contribution in [2.45, 2.75) is 19.8 Å². The zero-order valence-corrected chi connectivity index (χ0v) is 9.05. The minimum Gasteiger partial charge on any atom is -0.385 e. The maximum absolute atomic E-state index is 12.1. The zero-order chi connectivity index (χ0) is 10.8. The molecule has 0 fully saturated rings. The van der Waals surface area contributed by atoms with Gasteiger partial charge in [-0.25, -0.2) is 4.39 Å². The topological polar surface area (TPSA) is 9.23 Å². The highest BCUT2D eigenvalue weighted by Crippen LogP contribution is 2.08. The second-order valence-corrected chi connectivity index (χ2v) is 3.21. The Morgan fingerprint density at radius 1 is 1.43 bits per heavy atom. The van der Waals surface area contributed by atoms with Gasteiger partial charge in [-0.1, -0.05) is 30.4 Å². The lowest BCUT2D eigenvalue weighted by atomic mass is 10.1. The maximum Gasteiger partial charge on any atom is 0.108 e. The Labute approximate surface area is 86.0 Å². The fourth-order valence-electron chi connectivity index (χ4n) is 1.02. The molecule has 14 heavy (non-hydrogen) atoms. The van der Waals surface area contributed by atoms with E-state index in [1.165, 1.54) is 0 Å². The quantitative estimate of drug-likeness (QED) is 0.450. The molecule has 0 rings (SSSR count). The third-order valence-corrected chi connectivity index (χ3v) is 1.74. The Morgan fingerprint density at radius 3 is 2.64 bits per heavy atom. The van der Waals surface area contributed by atoms with Gasteiger partial charge in [-0.3, -0.25) is 0 Å². The number of alkyl halides is 1. The van der Waals surface area contributed by atoms with Crippen LogP contribution in [0.1, 0.15) is 19.8 Å². The predicted octanol–water partition coefficient (Wildman–Crippen LogP) is 3.44. The molecule has 0 amide bonds. The lowest BCUT2D eigenvalue weighted by Gasteiger charge is -2.01. The average Bonchev–Trinajstić information content (AvgIpc) is 2.14. The van der Waals surface area contributed by atoms with Crippen LogP contribution in [0.15, 0.2) is 36.0 Å². The number of hydrogen-bond donors (Lipinski definition) is 0. The second kappa shape index (κ2) is 8.70. The highest BCUT2D eigenvalue weighted by molar-refractivity contribution is 5.25. The molecule has 0 aliphatic heterocycles. The summed E-state index contributed by atoms with van der Waals surface area (Å²) in [6.45, 7) is 5.97.